The molecule has 1 rings (SSSR count). The summed E-state index contributed by atoms with van der Waals surface area (Å²) < 4.78 is 9.80. The van der Waals surface area contributed by atoms with Gasteiger partial charge in [-0.25, -0.2) is 4.79 Å². The third-order valence-corrected chi connectivity index (χ3v) is 2.95. The van der Waals surface area contributed by atoms with Gasteiger partial charge in [0.2, 0.25) is 0 Å². The Bertz CT molecular complexity index is 325. The van der Waals surface area contributed by atoms with E-state index in [-0.39, 0.29) is 24.6 Å². The van der Waals surface area contributed by atoms with Gasteiger partial charge >= 0.3 is 12.1 Å². The molecule has 0 heterocycles. The van der Waals surface area contributed by atoms with Crippen LogP contribution >= 0.6 is 0 Å². The van der Waals surface area contributed by atoms with E-state index in [1.54, 1.807) is 0 Å². The van der Waals surface area contributed by atoms with Gasteiger partial charge in [-0.3, -0.25) is 4.79 Å². The highest BCUT2D eigenvalue weighted by atomic mass is 16.6. The molecule has 1 amide bonds. The van der Waals surface area contributed by atoms with Crippen LogP contribution in [0.1, 0.15) is 40.0 Å². The van der Waals surface area contributed by atoms with E-state index in [4.69, 9.17) is 4.74 Å². The van der Waals surface area contributed by atoms with E-state index in [1.807, 2.05) is 20.8 Å². The summed E-state index contributed by atoms with van der Waals surface area (Å²) in [6.07, 6.45) is 2.42. The summed E-state index contributed by atoms with van der Waals surface area (Å²) in [6, 6.07) is 0.0890. The molecule has 2 atom stereocenters. The molecule has 110 valence electrons. The average Bonchev–Trinajstić information content (AvgIpc) is 2.70. The zero-order valence-corrected chi connectivity index (χ0v) is 12.1. The summed E-state index contributed by atoms with van der Waals surface area (Å²) in [5.41, 5.74) is -0.502. The second-order valence-corrected chi connectivity index (χ2v) is 5.75. The number of alkyl carbamates (subject to hydrolysis) is 1. The molecule has 1 aliphatic rings. The van der Waals surface area contributed by atoms with E-state index < -0.39 is 11.7 Å². The van der Waals surface area contributed by atoms with Crippen LogP contribution in [0.5, 0.6) is 0 Å². The van der Waals surface area contributed by atoms with Gasteiger partial charge in [0.05, 0.1) is 13.7 Å². The quantitative estimate of drug-likeness (QED) is 0.752. The number of esters is 1. The maximum Gasteiger partial charge on any atom is 0.407 e. The third kappa shape index (κ3) is 5.92. The molecule has 2 N–H and O–H groups in total. The number of hydrogen-bond acceptors (Lipinski definition) is 5. The Balaban J connectivity index is 2.39. The molecule has 0 aliphatic heterocycles. The molecule has 0 unspecified atom stereocenters. The average molecular weight is 272 g/mol. The summed E-state index contributed by atoms with van der Waals surface area (Å²) in [6.45, 7) is 5.64. The molecule has 1 saturated carbocycles. The highest BCUT2D eigenvalue weighted by Crippen LogP contribution is 2.19. The van der Waals surface area contributed by atoms with Crippen molar-refractivity contribution in [1.29, 1.82) is 0 Å². The number of nitrogens with one attached hydrogen (secondary N) is 2. The van der Waals surface area contributed by atoms with Gasteiger partial charge in [0, 0.05) is 12.1 Å². The van der Waals surface area contributed by atoms with E-state index in [2.05, 4.69) is 15.4 Å². The van der Waals surface area contributed by atoms with Gasteiger partial charge in [-0.2, -0.15) is 0 Å². The van der Waals surface area contributed by atoms with E-state index in [1.165, 1.54) is 7.11 Å². The Labute approximate surface area is 114 Å². The number of amides is 1. The van der Waals surface area contributed by atoms with E-state index in [9.17, 15) is 9.59 Å². The van der Waals surface area contributed by atoms with Crippen molar-refractivity contribution in [1.82, 2.24) is 10.6 Å². The Morgan fingerprint density at radius 2 is 1.84 bits per heavy atom. The second kappa shape index (κ2) is 6.75. The minimum atomic E-state index is -0.502. The van der Waals surface area contributed by atoms with Gasteiger partial charge < -0.3 is 20.1 Å². The number of rotatable bonds is 4. The van der Waals surface area contributed by atoms with Gasteiger partial charge in [0.1, 0.15) is 5.60 Å². The van der Waals surface area contributed by atoms with Gasteiger partial charge in [0.15, 0.2) is 0 Å². The monoisotopic (exact) mass is 272 g/mol. The van der Waals surface area contributed by atoms with Crippen LogP contribution in [-0.2, 0) is 14.3 Å². The number of methoxy groups -OCH3 is 1. The molecule has 0 saturated heterocycles. The van der Waals surface area contributed by atoms with Crippen LogP contribution in [-0.4, -0.2) is 43.4 Å². The lowest BCUT2D eigenvalue weighted by molar-refractivity contribution is -0.139. The Morgan fingerprint density at radius 3 is 2.42 bits per heavy atom. The smallest absolute Gasteiger partial charge is 0.407 e. The maximum atomic E-state index is 11.7. The zero-order chi connectivity index (χ0) is 14.5. The molecule has 6 heteroatoms. The summed E-state index contributed by atoms with van der Waals surface area (Å²) in [7, 11) is 1.36. The van der Waals surface area contributed by atoms with Crippen molar-refractivity contribution in [3.8, 4) is 0 Å². The minimum absolute atomic E-state index is 0.000457. The number of carbonyl (C=O) groups is 2. The standard InChI is InChI=1S/C13H24N2O4/c1-13(2,3)19-12(17)15-10-7-5-6-9(10)14-8-11(16)18-4/h9-10,14H,5-8H2,1-4H3,(H,15,17)/t9-,10-/m0/s1. The van der Waals surface area contributed by atoms with Crippen LogP contribution in [0.2, 0.25) is 0 Å². The molecule has 0 aromatic carbocycles. The van der Waals surface area contributed by atoms with E-state index in [0.717, 1.165) is 19.3 Å². The molecular weight excluding hydrogens is 248 g/mol. The lowest BCUT2D eigenvalue weighted by Gasteiger charge is -2.25. The number of carbonyl (C=O) groups excluding carboxylic acids is 2. The first kappa shape index (κ1) is 15.8. The SMILES string of the molecule is COC(=O)CN[C@H]1CCC[C@@H]1NC(=O)OC(C)(C)C. The van der Waals surface area contributed by atoms with Crippen molar-refractivity contribution in [3.05, 3.63) is 0 Å². The molecule has 0 radical (unpaired) electrons. The van der Waals surface area contributed by atoms with Crippen LogP contribution in [0.15, 0.2) is 0 Å². The predicted molar refractivity (Wildman–Crippen MR) is 70.8 cm³/mol. The second-order valence-electron chi connectivity index (χ2n) is 5.75. The predicted octanol–water partition coefficient (Wildman–Crippen LogP) is 1.19. The molecule has 0 bridgehead atoms. The number of ether oxygens (including phenoxy) is 2. The van der Waals surface area contributed by atoms with Gasteiger partial charge in [-0.1, -0.05) is 0 Å². The Morgan fingerprint density at radius 1 is 1.21 bits per heavy atom. The fourth-order valence-electron chi connectivity index (χ4n) is 2.12. The third-order valence-electron chi connectivity index (χ3n) is 2.95. The molecule has 19 heavy (non-hydrogen) atoms. The van der Waals surface area contributed by atoms with Crippen molar-refractivity contribution in [2.24, 2.45) is 0 Å². The normalized spacial score (nSPS) is 22.9. The van der Waals surface area contributed by atoms with Gasteiger partial charge in [-0.15, -0.1) is 0 Å². The fraction of sp³-hybridized carbons (Fsp3) is 0.846. The molecule has 1 fully saturated rings. The fourth-order valence-corrected chi connectivity index (χ4v) is 2.12. The lowest BCUT2D eigenvalue weighted by Crippen LogP contribution is -2.49. The van der Waals surface area contributed by atoms with Crippen molar-refractivity contribution in [3.63, 3.8) is 0 Å². The van der Waals surface area contributed by atoms with Crippen molar-refractivity contribution in [2.45, 2.75) is 57.7 Å². The van der Waals surface area contributed by atoms with Crippen molar-refractivity contribution < 1.29 is 19.1 Å². The lowest BCUT2D eigenvalue weighted by atomic mass is 10.1. The highest BCUT2D eigenvalue weighted by molar-refractivity contribution is 5.71. The summed E-state index contributed by atoms with van der Waals surface area (Å²) in [5, 5.41) is 5.96. The van der Waals surface area contributed by atoms with E-state index >= 15 is 0 Å². The maximum absolute atomic E-state index is 11.7. The molecule has 1 aliphatic carbocycles. The summed E-state index contributed by atoms with van der Waals surface area (Å²) in [5.74, 6) is -0.303. The van der Waals surface area contributed by atoms with Crippen LogP contribution in [0.4, 0.5) is 4.79 Å². The molecule has 0 aromatic heterocycles. The topological polar surface area (TPSA) is 76.7 Å². The first-order valence-electron chi connectivity index (χ1n) is 6.61. The van der Waals surface area contributed by atoms with Crippen LogP contribution < -0.4 is 10.6 Å². The molecule has 6 nitrogen and oxygen atoms in total. The molecule has 0 spiro atoms. The summed E-state index contributed by atoms with van der Waals surface area (Å²) >= 11 is 0. The number of hydrogen-bond donors (Lipinski definition) is 2. The Kier molecular flexibility index (Phi) is 5.60. The Hall–Kier alpha value is -1.30. The molecular formula is C13H24N2O4. The zero-order valence-electron chi connectivity index (χ0n) is 12.1. The van der Waals surface area contributed by atoms with Gasteiger partial charge in [0.25, 0.3) is 0 Å². The van der Waals surface area contributed by atoms with Crippen LogP contribution in [0.25, 0.3) is 0 Å². The van der Waals surface area contributed by atoms with Gasteiger partial charge in [-0.05, 0) is 40.0 Å². The van der Waals surface area contributed by atoms with Crippen molar-refractivity contribution >= 4 is 12.1 Å². The van der Waals surface area contributed by atoms with E-state index in [0.29, 0.717) is 0 Å². The first-order valence-corrected chi connectivity index (χ1v) is 6.61. The first-order chi connectivity index (χ1) is 8.81. The van der Waals surface area contributed by atoms with Crippen molar-refractivity contribution in [2.75, 3.05) is 13.7 Å². The largest absolute Gasteiger partial charge is 0.468 e. The van der Waals surface area contributed by atoms with Crippen LogP contribution in [0.3, 0.4) is 0 Å². The highest BCUT2D eigenvalue weighted by Gasteiger charge is 2.30. The van der Waals surface area contributed by atoms with Crippen LogP contribution in [0, 0.1) is 0 Å². The summed E-state index contributed by atoms with van der Waals surface area (Å²) in [4.78, 5) is 22.8. The minimum Gasteiger partial charge on any atom is -0.468 e. The molecule has 0 aromatic rings.